The molecule has 0 radical (unpaired) electrons. The number of nitrogens with zero attached hydrogens (tertiary/aromatic N) is 5. The maximum Gasteiger partial charge on any atom is 0.264 e. The predicted octanol–water partition coefficient (Wildman–Crippen LogP) is 5.00. The molecular formula is C28H29F2N5O. The van der Waals surface area contributed by atoms with Gasteiger partial charge in [-0.2, -0.15) is 5.10 Å². The van der Waals surface area contributed by atoms with Crippen LogP contribution in [0, 0.1) is 13.8 Å². The zero-order valence-corrected chi connectivity index (χ0v) is 20.5. The van der Waals surface area contributed by atoms with E-state index in [-0.39, 0.29) is 18.0 Å². The SMILES string of the molecule is Cc1cccc(CN2CCN(C(=O)Cn3nc(C)c4c(C(F)F)cc(-c5ccccc5)nc43)CC2)c1. The molecule has 4 aromatic rings. The molecule has 1 fully saturated rings. The van der Waals surface area contributed by atoms with Gasteiger partial charge in [-0.15, -0.1) is 0 Å². The molecule has 36 heavy (non-hydrogen) atoms. The van der Waals surface area contributed by atoms with Gasteiger partial charge in [0, 0.05) is 43.9 Å². The lowest BCUT2D eigenvalue weighted by Gasteiger charge is -2.34. The molecule has 0 N–H and O–H groups in total. The molecule has 5 rings (SSSR count). The predicted molar refractivity (Wildman–Crippen MR) is 136 cm³/mol. The van der Waals surface area contributed by atoms with Gasteiger partial charge < -0.3 is 4.90 Å². The Morgan fingerprint density at radius 2 is 1.72 bits per heavy atom. The van der Waals surface area contributed by atoms with Gasteiger partial charge in [0.25, 0.3) is 6.43 Å². The molecule has 186 valence electrons. The molecule has 1 aliphatic rings. The fourth-order valence-corrected chi connectivity index (χ4v) is 4.88. The molecule has 3 heterocycles. The minimum absolute atomic E-state index is 0.0316. The number of fused-ring (bicyclic) bond motifs is 1. The Morgan fingerprint density at radius 1 is 0.972 bits per heavy atom. The fraction of sp³-hybridized carbons (Fsp3) is 0.321. The maximum absolute atomic E-state index is 14.0. The van der Waals surface area contributed by atoms with Crippen molar-refractivity contribution in [2.45, 2.75) is 33.4 Å². The normalized spacial score (nSPS) is 14.6. The van der Waals surface area contributed by atoms with Crippen LogP contribution in [0.3, 0.4) is 0 Å². The van der Waals surface area contributed by atoms with Gasteiger partial charge in [-0.1, -0.05) is 60.2 Å². The van der Waals surface area contributed by atoms with E-state index in [1.54, 1.807) is 6.92 Å². The summed E-state index contributed by atoms with van der Waals surface area (Å²) in [5, 5.41) is 4.76. The molecule has 1 saturated heterocycles. The first-order valence-corrected chi connectivity index (χ1v) is 12.2. The van der Waals surface area contributed by atoms with E-state index in [0.29, 0.717) is 35.5 Å². The van der Waals surface area contributed by atoms with Crippen LogP contribution in [0.1, 0.15) is 28.8 Å². The van der Waals surface area contributed by atoms with Crippen molar-refractivity contribution in [3.63, 3.8) is 0 Å². The van der Waals surface area contributed by atoms with E-state index in [4.69, 9.17) is 0 Å². The largest absolute Gasteiger partial charge is 0.339 e. The van der Waals surface area contributed by atoms with E-state index >= 15 is 0 Å². The van der Waals surface area contributed by atoms with E-state index in [1.807, 2.05) is 35.2 Å². The summed E-state index contributed by atoms with van der Waals surface area (Å²) in [6.07, 6.45) is -2.67. The molecule has 0 saturated carbocycles. The Bertz CT molecular complexity index is 1380. The van der Waals surface area contributed by atoms with Crippen LogP contribution < -0.4 is 0 Å². The van der Waals surface area contributed by atoms with Gasteiger partial charge in [-0.05, 0) is 25.5 Å². The third kappa shape index (κ3) is 4.99. The number of piperazine rings is 1. The highest BCUT2D eigenvalue weighted by molar-refractivity contribution is 5.87. The number of aryl methyl sites for hydroxylation is 2. The van der Waals surface area contributed by atoms with E-state index in [9.17, 15) is 13.6 Å². The van der Waals surface area contributed by atoms with Crippen LogP contribution in [0.25, 0.3) is 22.3 Å². The monoisotopic (exact) mass is 489 g/mol. The summed E-state index contributed by atoms with van der Waals surface area (Å²) in [7, 11) is 0. The quantitative estimate of drug-likeness (QED) is 0.383. The van der Waals surface area contributed by atoms with Crippen molar-refractivity contribution in [2.24, 2.45) is 0 Å². The van der Waals surface area contributed by atoms with Crippen LogP contribution in [-0.4, -0.2) is 56.7 Å². The Balaban J connectivity index is 1.34. The van der Waals surface area contributed by atoms with Crippen molar-refractivity contribution in [1.82, 2.24) is 24.6 Å². The summed E-state index contributed by atoms with van der Waals surface area (Å²) in [4.78, 5) is 22.0. The van der Waals surface area contributed by atoms with Gasteiger partial charge >= 0.3 is 0 Å². The van der Waals surface area contributed by atoms with Gasteiger partial charge in [-0.25, -0.2) is 18.4 Å². The van der Waals surface area contributed by atoms with Crippen molar-refractivity contribution in [3.8, 4) is 11.3 Å². The molecule has 0 spiro atoms. The van der Waals surface area contributed by atoms with Crippen LogP contribution in [0.4, 0.5) is 8.78 Å². The van der Waals surface area contributed by atoms with Gasteiger partial charge in [0.05, 0.1) is 16.8 Å². The van der Waals surface area contributed by atoms with Crippen LogP contribution in [0.15, 0.2) is 60.7 Å². The summed E-state index contributed by atoms with van der Waals surface area (Å²) in [6.45, 7) is 7.40. The summed E-state index contributed by atoms with van der Waals surface area (Å²) in [5.41, 5.74) is 4.34. The van der Waals surface area contributed by atoms with E-state index in [1.165, 1.54) is 21.9 Å². The fourth-order valence-electron chi connectivity index (χ4n) is 4.88. The number of halogens is 2. The van der Waals surface area contributed by atoms with Crippen molar-refractivity contribution >= 4 is 16.9 Å². The first-order valence-electron chi connectivity index (χ1n) is 12.2. The molecular weight excluding hydrogens is 460 g/mol. The maximum atomic E-state index is 14.0. The third-order valence-corrected chi connectivity index (χ3v) is 6.71. The third-order valence-electron chi connectivity index (χ3n) is 6.71. The first kappa shape index (κ1) is 24.1. The van der Waals surface area contributed by atoms with Gasteiger partial charge in [-0.3, -0.25) is 9.69 Å². The van der Waals surface area contributed by atoms with Crippen LogP contribution in [-0.2, 0) is 17.9 Å². The van der Waals surface area contributed by atoms with Crippen molar-refractivity contribution in [2.75, 3.05) is 26.2 Å². The Labute approximate surface area is 209 Å². The first-order chi connectivity index (χ1) is 17.4. The Hall–Kier alpha value is -3.65. The summed E-state index contributed by atoms with van der Waals surface area (Å²) >= 11 is 0. The standard InChI is InChI=1S/C28H29F2N5O/c1-19-7-6-8-21(15-19)17-33-11-13-34(14-12-33)25(36)18-35-28-26(20(2)32-35)23(27(29)30)16-24(31-28)22-9-4-3-5-10-22/h3-10,15-16,27H,11-14,17-18H2,1-2H3. The number of aromatic nitrogens is 3. The molecule has 1 aliphatic heterocycles. The second-order valence-corrected chi connectivity index (χ2v) is 9.35. The lowest BCUT2D eigenvalue weighted by Crippen LogP contribution is -2.49. The highest BCUT2D eigenvalue weighted by atomic mass is 19.3. The smallest absolute Gasteiger partial charge is 0.264 e. The molecule has 0 unspecified atom stereocenters. The second kappa shape index (κ2) is 10.1. The number of carbonyl (C=O) groups is 1. The molecule has 6 nitrogen and oxygen atoms in total. The van der Waals surface area contributed by atoms with Crippen LogP contribution in [0.2, 0.25) is 0 Å². The number of rotatable bonds is 6. The van der Waals surface area contributed by atoms with Gasteiger partial charge in [0.15, 0.2) is 5.65 Å². The molecule has 2 aromatic carbocycles. The van der Waals surface area contributed by atoms with Crippen molar-refractivity contribution in [1.29, 1.82) is 0 Å². The summed E-state index contributed by atoms with van der Waals surface area (Å²) < 4.78 is 29.5. The zero-order valence-electron chi connectivity index (χ0n) is 20.5. The highest BCUT2D eigenvalue weighted by Crippen LogP contribution is 2.33. The Morgan fingerprint density at radius 3 is 2.42 bits per heavy atom. The number of hydrogen-bond acceptors (Lipinski definition) is 4. The van der Waals surface area contributed by atoms with Crippen molar-refractivity contribution < 1.29 is 13.6 Å². The number of pyridine rings is 1. The minimum atomic E-state index is -2.67. The molecule has 0 bridgehead atoms. The van der Waals surface area contributed by atoms with Gasteiger partial charge in [0.1, 0.15) is 6.54 Å². The molecule has 1 amide bonds. The van der Waals surface area contributed by atoms with Crippen LogP contribution >= 0.6 is 0 Å². The molecule has 0 atom stereocenters. The average molecular weight is 490 g/mol. The van der Waals surface area contributed by atoms with E-state index < -0.39 is 6.43 Å². The Kier molecular flexibility index (Phi) is 6.78. The lowest BCUT2D eigenvalue weighted by molar-refractivity contribution is -0.133. The van der Waals surface area contributed by atoms with Crippen molar-refractivity contribution in [3.05, 3.63) is 83.0 Å². The van der Waals surface area contributed by atoms with Crippen LogP contribution in [0.5, 0.6) is 0 Å². The minimum Gasteiger partial charge on any atom is -0.339 e. The number of alkyl halides is 2. The number of amides is 1. The molecule has 2 aromatic heterocycles. The van der Waals surface area contributed by atoms with E-state index in [2.05, 4.69) is 46.2 Å². The molecule has 0 aliphatic carbocycles. The average Bonchev–Trinajstić information content (AvgIpc) is 3.19. The number of benzene rings is 2. The lowest BCUT2D eigenvalue weighted by atomic mass is 10.1. The number of hydrogen-bond donors (Lipinski definition) is 0. The highest BCUT2D eigenvalue weighted by Gasteiger charge is 2.25. The zero-order chi connectivity index (χ0) is 25.2. The topological polar surface area (TPSA) is 54.3 Å². The summed E-state index contributed by atoms with van der Waals surface area (Å²) in [5.74, 6) is -0.0832. The molecule has 8 heteroatoms. The second-order valence-electron chi connectivity index (χ2n) is 9.35. The van der Waals surface area contributed by atoms with E-state index in [0.717, 1.165) is 25.2 Å². The summed E-state index contributed by atoms with van der Waals surface area (Å²) in [6, 6.07) is 19.1. The number of carbonyl (C=O) groups excluding carboxylic acids is 1. The van der Waals surface area contributed by atoms with Gasteiger partial charge in [0.2, 0.25) is 5.91 Å².